The van der Waals surface area contributed by atoms with Gasteiger partial charge in [-0.1, -0.05) is 0 Å². The number of aromatic nitrogens is 2. The molecule has 62 valence electrons. The highest BCUT2D eigenvalue weighted by Crippen LogP contribution is 2.16. The van der Waals surface area contributed by atoms with Crippen LogP contribution in [0.25, 0.3) is 0 Å². The number of rotatable bonds is 2. The van der Waals surface area contributed by atoms with Crippen LogP contribution in [0.2, 0.25) is 0 Å². The first kappa shape index (κ1) is 8.74. The Bertz CT molecular complexity index is 254. The molecule has 0 aliphatic rings. The van der Waals surface area contributed by atoms with Crippen LogP contribution in [0.15, 0.2) is 4.60 Å². The highest BCUT2D eigenvalue weighted by molar-refractivity contribution is 9.10. The van der Waals surface area contributed by atoms with Crippen molar-refractivity contribution < 1.29 is 0 Å². The van der Waals surface area contributed by atoms with Crippen molar-refractivity contribution in [3.63, 3.8) is 0 Å². The molecule has 1 aromatic rings. The van der Waals surface area contributed by atoms with Gasteiger partial charge in [-0.25, -0.2) is 4.98 Å². The van der Waals surface area contributed by atoms with Gasteiger partial charge in [0.25, 0.3) is 0 Å². The van der Waals surface area contributed by atoms with Crippen LogP contribution in [-0.2, 0) is 13.6 Å². The number of imidazole rings is 1. The van der Waals surface area contributed by atoms with E-state index in [1.165, 1.54) is 0 Å². The molecule has 0 aromatic carbocycles. The SMILES string of the molecule is CNCc1nc(C)n(C)c1Br. The third-order valence-corrected chi connectivity index (χ3v) is 2.65. The largest absolute Gasteiger partial charge is 0.326 e. The lowest BCUT2D eigenvalue weighted by Crippen LogP contribution is -2.05. The zero-order valence-corrected chi connectivity index (χ0v) is 8.57. The number of nitrogens with zero attached hydrogens (tertiary/aromatic N) is 2. The van der Waals surface area contributed by atoms with Crippen LogP contribution in [0.1, 0.15) is 11.5 Å². The maximum absolute atomic E-state index is 4.35. The molecule has 0 spiro atoms. The minimum absolute atomic E-state index is 0.808. The lowest BCUT2D eigenvalue weighted by molar-refractivity contribution is 0.788. The average molecular weight is 218 g/mol. The van der Waals surface area contributed by atoms with E-state index < -0.39 is 0 Å². The highest BCUT2D eigenvalue weighted by atomic mass is 79.9. The van der Waals surface area contributed by atoms with Crippen molar-refractivity contribution in [2.45, 2.75) is 13.5 Å². The quantitative estimate of drug-likeness (QED) is 0.808. The fourth-order valence-corrected chi connectivity index (χ4v) is 1.42. The topological polar surface area (TPSA) is 29.9 Å². The minimum Gasteiger partial charge on any atom is -0.326 e. The summed E-state index contributed by atoms with van der Waals surface area (Å²) in [5.41, 5.74) is 1.06. The van der Waals surface area contributed by atoms with Crippen LogP contribution in [0.3, 0.4) is 0 Å². The van der Waals surface area contributed by atoms with Crippen molar-refractivity contribution in [3.05, 3.63) is 16.1 Å². The van der Waals surface area contributed by atoms with Crippen molar-refractivity contribution in [2.24, 2.45) is 7.05 Å². The Kier molecular flexibility index (Phi) is 2.67. The third-order valence-electron chi connectivity index (χ3n) is 1.66. The van der Waals surface area contributed by atoms with E-state index in [0.29, 0.717) is 0 Å². The smallest absolute Gasteiger partial charge is 0.109 e. The number of aryl methyl sites for hydroxylation is 1. The molecule has 1 N–H and O–H groups in total. The molecule has 0 saturated heterocycles. The first-order valence-corrected chi connectivity index (χ1v) is 4.28. The molecule has 0 aliphatic carbocycles. The average Bonchev–Trinajstić information content (AvgIpc) is 2.19. The molecule has 11 heavy (non-hydrogen) atoms. The van der Waals surface area contributed by atoms with Gasteiger partial charge in [0, 0.05) is 13.6 Å². The lowest BCUT2D eigenvalue weighted by Gasteiger charge is -1.96. The fraction of sp³-hybridized carbons (Fsp3) is 0.571. The summed E-state index contributed by atoms with van der Waals surface area (Å²) in [6.45, 7) is 2.80. The molecule has 3 nitrogen and oxygen atoms in total. The van der Waals surface area contributed by atoms with Gasteiger partial charge in [0.05, 0.1) is 5.69 Å². The Morgan fingerprint density at radius 1 is 1.64 bits per heavy atom. The van der Waals surface area contributed by atoms with Crippen molar-refractivity contribution in [2.75, 3.05) is 7.05 Å². The summed E-state index contributed by atoms with van der Waals surface area (Å²) in [6, 6.07) is 0. The summed E-state index contributed by atoms with van der Waals surface area (Å²) < 4.78 is 3.08. The summed E-state index contributed by atoms with van der Waals surface area (Å²) in [6.07, 6.45) is 0. The molecule has 4 heteroatoms. The van der Waals surface area contributed by atoms with Crippen molar-refractivity contribution >= 4 is 15.9 Å². The first-order chi connectivity index (χ1) is 5.16. The second kappa shape index (κ2) is 3.36. The Balaban J connectivity index is 2.98. The second-order valence-corrected chi connectivity index (χ2v) is 3.24. The summed E-state index contributed by atoms with van der Waals surface area (Å²) in [7, 11) is 3.90. The molecule has 0 unspecified atom stereocenters. The maximum atomic E-state index is 4.35. The molecule has 0 saturated carbocycles. The molecule has 1 rings (SSSR count). The summed E-state index contributed by atoms with van der Waals surface area (Å²) >= 11 is 3.46. The molecule has 0 radical (unpaired) electrons. The first-order valence-electron chi connectivity index (χ1n) is 3.49. The van der Waals surface area contributed by atoms with E-state index in [1.807, 2.05) is 25.6 Å². The molecular formula is C7H12BrN3. The third kappa shape index (κ3) is 1.62. The second-order valence-electron chi connectivity index (χ2n) is 2.49. The van der Waals surface area contributed by atoms with Gasteiger partial charge in [-0.05, 0) is 29.9 Å². The van der Waals surface area contributed by atoms with E-state index in [0.717, 1.165) is 22.7 Å². The normalized spacial score (nSPS) is 10.5. The zero-order chi connectivity index (χ0) is 8.43. The number of nitrogens with one attached hydrogen (secondary N) is 1. The van der Waals surface area contributed by atoms with Gasteiger partial charge >= 0.3 is 0 Å². The number of hydrogen-bond acceptors (Lipinski definition) is 2. The fourth-order valence-electron chi connectivity index (χ4n) is 0.932. The number of hydrogen-bond donors (Lipinski definition) is 1. The molecule has 0 amide bonds. The van der Waals surface area contributed by atoms with Crippen molar-refractivity contribution in [3.8, 4) is 0 Å². The van der Waals surface area contributed by atoms with Crippen LogP contribution < -0.4 is 5.32 Å². The summed E-state index contributed by atoms with van der Waals surface area (Å²) in [5, 5.41) is 3.06. The van der Waals surface area contributed by atoms with Gasteiger partial charge in [-0.15, -0.1) is 0 Å². The molecule has 0 aliphatic heterocycles. The molecule has 1 heterocycles. The van der Waals surface area contributed by atoms with E-state index in [-0.39, 0.29) is 0 Å². The van der Waals surface area contributed by atoms with Crippen LogP contribution >= 0.6 is 15.9 Å². The minimum atomic E-state index is 0.808. The van der Waals surface area contributed by atoms with Gasteiger partial charge < -0.3 is 9.88 Å². The summed E-state index contributed by atoms with van der Waals surface area (Å²) in [4.78, 5) is 4.35. The summed E-state index contributed by atoms with van der Waals surface area (Å²) in [5.74, 6) is 1.03. The van der Waals surface area contributed by atoms with Crippen LogP contribution in [0.4, 0.5) is 0 Å². The van der Waals surface area contributed by atoms with Crippen molar-refractivity contribution in [1.82, 2.24) is 14.9 Å². The molecule has 0 fully saturated rings. The maximum Gasteiger partial charge on any atom is 0.109 e. The predicted octanol–water partition coefficient (Wildman–Crippen LogP) is 1.21. The predicted molar refractivity (Wildman–Crippen MR) is 48.4 cm³/mol. The van der Waals surface area contributed by atoms with Crippen LogP contribution in [0.5, 0.6) is 0 Å². The zero-order valence-electron chi connectivity index (χ0n) is 6.98. The molecule has 0 bridgehead atoms. The van der Waals surface area contributed by atoms with Gasteiger partial charge in [0.1, 0.15) is 10.4 Å². The van der Waals surface area contributed by atoms with Gasteiger partial charge in [0.15, 0.2) is 0 Å². The van der Waals surface area contributed by atoms with E-state index in [4.69, 9.17) is 0 Å². The highest BCUT2D eigenvalue weighted by Gasteiger charge is 2.07. The van der Waals surface area contributed by atoms with E-state index in [2.05, 4.69) is 26.2 Å². The molecular weight excluding hydrogens is 206 g/mol. The Hall–Kier alpha value is -0.350. The van der Waals surface area contributed by atoms with E-state index in [9.17, 15) is 0 Å². The standard InChI is InChI=1S/C7H12BrN3/c1-5-10-6(4-9-2)7(8)11(5)3/h9H,4H2,1-3H3. The van der Waals surface area contributed by atoms with Crippen LogP contribution in [0, 0.1) is 6.92 Å². The number of halogens is 1. The Morgan fingerprint density at radius 2 is 2.27 bits per heavy atom. The van der Waals surface area contributed by atoms with Gasteiger partial charge in [0.2, 0.25) is 0 Å². The van der Waals surface area contributed by atoms with E-state index >= 15 is 0 Å². The van der Waals surface area contributed by atoms with Crippen LogP contribution in [-0.4, -0.2) is 16.6 Å². The van der Waals surface area contributed by atoms with Gasteiger partial charge in [-0.2, -0.15) is 0 Å². The van der Waals surface area contributed by atoms with E-state index in [1.54, 1.807) is 0 Å². The van der Waals surface area contributed by atoms with Crippen molar-refractivity contribution in [1.29, 1.82) is 0 Å². The monoisotopic (exact) mass is 217 g/mol. The Labute approximate surface area is 74.9 Å². The lowest BCUT2D eigenvalue weighted by atomic mass is 10.5. The molecule has 1 aromatic heterocycles. The molecule has 0 atom stereocenters. The van der Waals surface area contributed by atoms with Gasteiger partial charge in [-0.3, -0.25) is 0 Å². The Morgan fingerprint density at radius 3 is 2.64 bits per heavy atom.